The molecule has 1 amide bonds. The van der Waals surface area contributed by atoms with E-state index in [1.54, 1.807) is 0 Å². The van der Waals surface area contributed by atoms with Crippen molar-refractivity contribution in [3.63, 3.8) is 0 Å². The molecule has 1 heterocycles. The van der Waals surface area contributed by atoms with Gasteiger partial charge < -0.3 is 15.4 Å². The second-order valence-electron chi connectivity index (χ2n) is 11.2. The van der Waals surface area contributed by atoms with Crippen LogP contribution in [0.4, 0.5) is 0 Å². The van der Waals surface area contributed by atoms with Gasteiger partial charge in [0.1, 0.15) is 0 Å². The molecule has 4 bridgehead atoms. The highest BCUT2D eigenvalue weighted by atomic mass is 16.5. The average Bonchev–Trinajstić information content (AvgIpc) is 2.71. The third kappa shape index (κ3) is 4.43. The van der Waals surface area contributed by atoms with Crippen LogP contribution in [0.25, 0.3) is 0 Å². The van der Waals surface area contributed by atoms with Crippen LogP contribution in [-0.4, -0.2) is 37.7 Å². The molecule has 31 heavy (non-hydrogen) atoms. The number of nitrogens with one attached hydrogen (secondary N) is 2. The molecule has 0 aromatic heterocycles. The number of carbonyl (C=O) groups excluding carboxylic acids is 1. The summed E-state index contributed by atoms with van der Waals surface area (Å²) in [5.41, 5.74) is 1.10. The Bertz CT molecular complexity index is 758. The zero-order chi connectivity index (χ0) is 22.1. The van der Waals surface area contributed by atoms with Gasteiger partial charge in [-0.1, -0.05) is 30.9 Å². The molecule has 0 spiro atoms. The molecule has 2 N–H and O–H groups in total. The van der Waals surface area contributed by atoms with Crippen molar-refractivity contribution < 1.29 is 9.53 Å². The van der Waals surface area contributed by atoms with E-state index in [4.69, 9.17) is 4.74 Å². The standard InChI is InChI=1S/C27H42N2O2/c1-5-7-8-9-20(3)26-14-22-13-25(16-26,19-31-6-2)17-27(15-22,18-26)24(30)29-23-10-11-28-21(4)12-23/h5,7-9,21-23,28H,3,6,10-19H2,1-2,4H3,(H,29,30)/b7-5-,9-8-/t21-,22?,23+,25+,26-,27?/m1/s1. The fourth-order valence-electron chi connectivity index (χ4n) is 7.79. The van der Waals surface area contributed by atoms with E-state index < -0.39 is 0 Å². The monoisotopic (exact) mass is 426 g/mol. The number of rotatable bonds is 8. The SMILES string of the molecule is C=C(/C=C\C=C/C)[C@]12CC3CC(C(=O)N[C@H]4CCN[C@H](C)C4)(C[C@](COCC)(C3)C1)C2. The predicted molar refractivity (Wildman–Crippen MR) is 127 cm³/mol. The van der Waals surface area contributed by atoms with Gasteiger partial charge in [-0.25, -0.2) is 0 Å². The quantitative estimate of drug-likeness (QED) is 0.541. The van der Waals surface area contributed by atoms with Crippen molar-refractivity contribution in [3.05, 3.63) is 36.5 Å². The van der Waals surface area contributed by atoms with Crippen LogP contribution in [0.1, 0.15) is 72.1 Å². The lowest BCUT2D eigenvalue weighted by atomic mass is 9.38. The number of carbonyl (C=O) groups is 1. The second kappa shape index (κ2) is 8.86. The smallest absolute Gasteiger partial charge is 0.226 e. The highest BCUT2D eigenvalue weighted by Gasteiger charge is 2.66. The van der Waals surface area contributed by atoms with Gasteiger partial charge in [-0.3, -0.25) is 4.79 Å². The largest absolute Gasteiger partial charge is 0.381 e. The molecule has 172 valence electrons. The molecule has 1 saturated heterocycles. The average molecular weight is 427 g/mol. The summed E-state index contributed by atoms with van der Waals surface area (Å²) < 4.78 is 6.03. The van der Waals surface area contributed by atoms with Gasteiger partial charge in [0.05, 0.1) is 12.0 Å². The van der Waals surface area contributed by atoms with Crippen molar-refractivity contribution in [3.8, 4) is 0 Å². The molecule has 0 aromatic carbocycles. The summed E-state index contributed by atoms with van der Waals surface area (Å²) >= 11 is 0. The van der Waals surface area contributed by atoms with Crippen LogP contribution in [0.15, 0.2) is 36.5 Å². The molecule has 4 saturated carbocycles. The van der Waals surface area contributed by atoms with E-state index in [9.17, 15) is 4.79 Å². The number of ether oxygens (including phenoxy) is 1. The normalized spacial score (nSPS) is 41.8. The Labute approximate surface area is 189 Å². The van der Waals surface area contributed by atoms with Crippen molar-refractivity contribution in [1.29, 1.82) is 0 Å². The van der Waals surface area contributed by atoms with Crippen LogP contribution in [0.2, 0.25) is 0 Å². The van der Waals surface area contributed by atoms with Gasteiger partial charge in [0.15, 0.2) is 0 Å². The molecule has 1 aliphatic heterocycles. The molecule has 0 radical (unpaired) electrons. The Balaban J connectivity index is 1.61. The van der Waals surface area contributed by atoms with E-state index in [0.29, 0.717) is 23.9 Å². The first-order chi connectivity index (χ1) is 14.8. The number of piperidine rings is 1. The van der Waals surface area contributed by atoms with E-state index in [1.165, 1.54) is 18.4 Å². The van der Waals surface area contributed by atoms with Gasteiger partial charge >= 0.3 is 0 Å². The summed E-state index contributed by atoms with van der Waals surface area (Å²) in [5.74, 6) is 0.910. The van der Waals surface area contributed by atoms with Crippen LogP contribution in [-0.2, 0) is 9.53 Å². The van der Waals surface area contributed by atoms with Crippen LogP contribution in [0, 0.1) is 22.2 Å². The Hall–Kier alpha value is -1.39. The van der Waals surface area contributed by atoms with E-state index in [1.807, 2.05) is 6.92 Å². The molecule has 6 atom stereocenters. The molecule has 2 unspecified atom stereocenters. The molecule has 0 aromatic rings. The van der Waals surface area contributed by atoms with Crippen LogP contribution in [0.3, 0.4) is 0 Å². The molecule has 5 fully saturated rings. The van der Waals surface area contributed by atoms with Gasteiger partial charge in [-0.05, 0) is 101 Å². The van der Waals surface area contributed by atoms with Gasteiger partial charge in [-0.2, -0.15) is 0 Å². The van der Waals surface area contributed by atoms with Crippen molar-refractivity contribution in [2.45, 2.75) is 84.2 Å². The van der Waals surface area contributed by atoms with Crippen LogP contribution in [0.5, 0.6) is 0 Å². The van der Waals surface area contributed by atoms with Crippen molar-refractivity contribution in [2.75, 3.05) is 19.8 Å². The number of amides is 1. The fourth-order valence-corrected chi connectivity index (χ4v) is 7.79. The minimum Gasteiger partial charge on any atom is -0.381 e. The van der Waals surface area contributed by atoms with Crippen LogP contribution >= 0.6 is 0 Å². The lowest BCUT2D eigenvalue weighted by Gasteiger charge is -2.66. The molecular formula is C27H42N2O2. The lowest BCUT2D eigenvalue weighted by molar-refractivity contribution is -0.180. The summed E-state index contributed by atoms with van der Waals surface area (Å²) in [4.78, 5) is 13.9. The van der Waals surface area contributed by atoms with Crippen LogP contribution < -0.4 is 10.6 Å². The Morgan fingerprint density at radius 1 is 1.19 bits per heavy atom. The van der Waals surface area contributed by atoms with E-state index >= 15 is 0 Å². The predicted octanol–water partition coefficient (Wildman–Crippen LogP) is 4.92. The molecule has 4 heteroatoms. The minimum absolute atomic E-state index is 0.0351. The minimum atomic E-state index is -0.262. The summed E-state index contributed by atoms with van der Waals surface area (Å²) in [6.45, 7) is 13.4. The number of hydrogen-bond acceptors (Lipinski definition) is 3. The Morgan fingerprint density at radius 3 is 2.71 bits per heavy atom. The Kier molecular flexibility index (Phi) is 6.52. The number of hydrogen-bond donors (Lipinski definition) is 2. The summed E-state index contributed by atoms with van der Waals surface area (Å²) in [6, 6.07) is 0.774. The van der Waals surface area contributed by atoms with E-state index in [0.717, 1.165) is 58.3 Å². The highest BCUT2D eigenvalue weighted by Crippen LogP contribution is 2.71. The van der Waals surface area contributed by atoms with Gasteiger partial charge in [0, 0.05) is 18.7 Å². The lowest BCUT2D eigenvalue weighted by Crippen LogP contribution is -2.63. The van der Waals surface area contributed by atoms with Gasteiger partial charge in [0.2, 0.25) is 5.91 Å². The Morgan fingerprint density at radius 2 is 1.97 bits per heavy atom. The maximum atomic E-state index is 13.9. The number of allylic oxidation sites excluding steroid dienone is 5. The van der Waals surface area contributed by atoms with E-state index in [2.05, 4.69) is 55.4 Å². The maximum Gasteiger partial charge on any atom is 0.226 e. The zero-order valence-corrected chi connectivity index (χ0v) is 19.8. The van der Waals surface area contributed by atoms with Crippen molar-refractivity contribution in [1.82, 2.24) is 10.6 Å². The molecule has 4 nitrogen and oxygen atoms in total. The first-order valence-electron chi connectivity index (χ1n) is 12.5. The van der Waals surface area contributed by atoms with Gasteiger partial charge in [-0.15, -0.1) is 0 Å². The topological polar surface area (TPSA) is 50.4 Å². The second-order valence-corrected chi connectivity index (χ2v) is 11.2. The molecule has 4 aliphatic carbocycles. The molecular weight excluding hydrogens is 384 g/mol. The molecule has 5 rings (SSSR count). The summed E-state index contributed by atoms with van der Waals surface area (Å²) in [6.07, 6.45) is 17.0. The fraction of sp³-hybridized carbons (Fsp3) is 0.741. The third-order valence-corrected chi connectivity index (χ3v) is 8.52. The maximum absolute atomic E-state index is 13.9. The molecule has 5 aliphatic rings. The van der Waals surface area contributed by atoms with Crippen molar-refractivity contribution in [2.24, 2.45) is 22.2 Å². The summed E-state index contributed by atoms with van der Waals surface area (Å²) in [7, 11) is 0. The first-order valence-corrected chi connectivity index (χ1v) is 12.5. The van der Waals surface area contributed by atoms with E-state index in [-0.39, 0.29) is 16.2 Å². The third-order valence-electron chi connectivity index (χ3n) is 8.52. The highest BCUT2D eigenvalue weighted by molar-refractivity contribution is 5.84. The zero-order valence-electron chi connectivity index (χ0n) is 19.8. The van der Waals surface area contributed by atoms with Gasteiger partial charge in [0.25, 0.3) is 0 Å². The summed E-state index contributed by atoms with van der Waals surface area (Å²) in [5, 5.41) is 7.01. The van der Waals surface area contributed by atoms with Crippen molar-refractivity contribution >= 4 is 5.91 Å². The first kappa shape index (κ1) is 22.8.